The molecule has 2 amide bonds. The largest absolute Gasteiger partial charge is 0.368 e. The zero-order valence-electron chi connectivity index (χ0n) is 17.8. The Kier molecular flexibility index (Phi) is 5.26. The quantitative estimate of drug-likeness (QED) is 0.718. The summed E-state index contributed by atoms with van der Waals surface area (Å²) in [7, 11) is 1.82. The molecule has 0 bridgehead atoms. The summed E-state index contributed by atoms with van der Waals surface area (Å²) >= 11 is 6.12. The normalized spacial score (nSPS) is 21.1. The molecule has 7 heteroatoms. The monoisotopic (exact) mass is 438 g/mol. The van der Waals surface area contributed by atoms with Crippen LogP contribution in [0.4, 0.5) is 17.1 Å². The number of piperidine rings is 1. The van der Waals surface area contributed by atoms with Crippen molar-refractivity contribution < 1.29 is 9.59 Å². The van der Waals surface area contributed by atoms with Gasteiger partial charge in [-0.3, -0.25) is 9.59 Å². The first-order chi connectivity index (χ1) is 15.0. The first-order valence-corrected chi connectivity index (χ1v) is 11.4. The Bertz CT molecular complexity index is 1020. The molecule has 2 aromatic rings. The molecule has 3 aliphatic heterocycles. The van der Waals surface area contributed by atoms with Crippen LogP contribution >= 0.6 is 11.6 Å². The fraction of sp³-hybridized carbons (Fsp3) is 0.417. The van der Waals surface area contributed by atoms with Crippen LogP contribution in [0.3, 0.4) is 0 Å². The molecule has 0 aliphatic carbocycles. The summed E-state index contributed by atoms with van der Waals surface area (Å²) in [5.74, 6) is 0.155. The van der Waals surface area contributed by atoms with Gasteiger partial charge in [0.25, 0.3) is 5.91 Å². The van der Waals surface area contributed by atoms with E-state index in [-0.39, 0.29) is 17.9 Å². The van der Waals surface area contributed by atoms with Crippen LogP contribution in [0.25, 0.3) is 0 Å². The summed E-state index contributed by atoms with van der Waals surface area (Å²) in [6.07, 6.45) is 3.10. The number of benzene rings is 2. The van der Waals surface area contributed by atoms with Crippen LogP contribution in [0.2, 0.25) is 5.02 Å². The van der Waals surface area contributed by atoms with E-state index in [2.05, 4.69) is 9.80 Å². The van der Waals surface area contributed by atoms with E-state index < -0.39 is 0 Å². The minimum atomic E-state index is -0.0626. The van der Waals surface area contributed by atoms with E-state index in [4.69, 9.17) is 11.6 Å². The Morgan fingerprint density at radius 3 is 2.55 bits per heavy atom. The van der Waals surface area contributed by atoms with E-state index in [1.807, 2.05) is 54.4 Å². The molecule has 2 fully saturated rings. The fourth-order valence-electron chi connectivity index (χ4n) is 5.01. The summed E-state index contributed by atoms with van der Waals surface area (Å²) in [5.41, 5.74) is 3.63. The maximum absolute atomic E-state index is 13.2. The Hall–Kier alpha value is -2.73. The zero-order chi connectivity index (χ0) is 21.5. The van der Waals surface area contributed by atoms with Gasteiger partial charge in [-0.1, -0.05) is 17.7 Å². The molecule has 31 heavy (non-hydrogen) atoms. The predicted molar refractivity (Wildman–Crippen MR) is 124 cm³/mol. The average molecular weight is 439 g/mol. The molecule has 2 aromatic carbocycles. The Labute approximate surface area is 188 Å². The number of hydrogen-bond donors (Lipinski definition) is 0. The number of nitrogens with zero attached hydrogens (tertiary/aromatic N) is 4. The Morgan fingerprint density at radius 2 is 1.77 bits per heavy atom. The first kappa shape index (κ1) is 20.2. The van der Waals surface area contributed by atoms with Gasteiger partial charge in [-0.15, -0.1) is 0 Å². The lowest BCUT2D eigenvalue weighted by Gasteiger charge is -2.44. The molecule has 3 heterocycles. The van der Waals surface area contributed by atoms with Gasteiger partial charge < -0.3 is 19.6 Å². The third-order valence-corrected chi connectivity index (χ3v) is 6.99. The van der Waals surface area contributed by atoms with E-state index in [0.29, 0.717) is 18.7 Å². The molecule has 0 saturated carbocycles. The number of piperazine rings is 1. The highest BCUT2D eigenvalue weighted by atomic mass is 35.5. The highest BCUT2D eigenvalue weighted by molar-refractivity contribution is 6.30. The summed E-state index contributed by atoms with van der Waals surface area (Å²) in [6, 6.07) is 13.6. The van der Waals surface area contributed by atoms with Crippen molar-refractivity contribution in [2.75, 3.05) is 54.5 Å². The van der Waals surface area contributed by atoms with E-state index >= 15 is 0 Å². The summed E-state index contributed by atoms with van der Waals surface area (Å²) < 4.78 is 0. The SMILES string of the molecule is CN1C(=O)C2CCCCN2c2ccc(C(=O)N3CCN(c4cccc(Cl)c4)CC3)cc21. The summed E-state index contributed by atoms with van der Waals surface area (Å²) in [5, 5.41) is 0.722. The van der Waals surface area contributed by atoms with Gasteiger partial charge in [-0.05, 0) is 55.7 Å². The van der Waals surface area contributed by atoms with Gasteiger partial charge in [0.05, 0.1) is 11.4 Å². The lowest BCUT2D eigenvalue weighted by molar-refractivity contribution is -0.120. The number of carbonyl (C=O) groups is 2. The van der Waals surface area contributed by atoms with E-state index in [9.17, 15) is 9.59 Å². The lowest BCUT2D eigenvalue weighted by Crippen LogP contribution is -2.54. The molecule has 2 saturated heterocycles. The van der Waals surface area contributed by atoms with Gasteiger partial charge in [0.2, 0.25) is 5.91 Å². The second-order valence-electron chi connectivity index (χ2n) is 8.56. The highest BCUT2D eigenvalue weighted by Crippen LogP contribution is 2.39. The standard InChI is InChI=1S/C24H27ClN4O2/c1-26-22-15-17(8-9-20(22)29-10-3-2-7-21(29)24(26)31)23(30)28-13-11-27(12-14-28)19-6-4-5-18(25)16-19/h4-6,8-9,15-16,21H,2-3,7,10-14H2,1H3. The minimum absolute atomic E-state index is 0.0233. The summed E-state index contributed by atoms with van der Waals surface area (Å²) in [4.78, 5) is 34.2. The van der Waals surface area contributed by atoms with E-state index in [0.717, 1.165) is 61.0 Å². The number of halogens is 1. The zero-order valence-corrected chi connectivity index (χ0v) is 18.5. The average Bonchev–Trinajstić information content (AvgIpc) is 2.82. The van der Waals surface area contributed by atoms with Crippen molar-refractivity contribution >= 4 is 40.5 Å². The van der Waals surface area contributed by atoms with E-state index in [1.54, 1.807) is 4.90 Å². The van der Waals surface area contributed by atoms with Gasteiger partial charge in [-0.25, -0.2) is 0 Å². The second kappa shape index (κ2) is 8.08. The maximum atomic E-state index is 13.2. The third-order valence-electron chi connectivity index (χ3n) is 6.75. The van der Waals surface area contributed by atoms with Gasteiger partial charge in [0.1, 0.15) is 6.04 Å². The molecule has 6 nitrogen and oxygen atoms in total. The van der Waals surface area contributed by atoms with Crippen molar-refractivity contribution in [3.05, 3.63) is 53.1 Å². The van der Waals surface area contributed by atoms with Crippen molar-refractivity contribution in [2.45, 2.75) is 25.3 Å². The molecule has 1 atom stereocenters. The molecule has 5 rings (SSSR count). The molecule has 162 valence electrons. The molecule has 0 radical (unpaired) electrons. The third kappa shape index (κ3) is 3.63. The van der Waals surface area contributed by atoms with Crippen molar-refractivity contribution in [1.29, 1.82) is 0 Å². The Balaban J connectivity index is 1.32. The van der Waals surface area contributed by atoms with Gasteiger partial charge in [-0.2, -0.15) is 0 Å². The van der Waals surface area contributed by atoms with Crippen molar-refractivity contribution in [3.8, 4) is 0 Å². The molecule has 1 unspecified atom stereocenters. The summed E-state index contributed by atoms with van der Waals surface area (Å²) in [6.45, 7) is 3.75. The Morgan fingerprint density at radius 1 is 0.968 bits per heavy atom. The number of rotatable bonds is 2. The number of hydrogen-bond acceptors (Lipinski definition) is 4. The van der Waals surface area contributed by atoms with E-state index in [1.165, 1.54) is 0 Å². The van der Waals surface area contributed by atoms with Gasteiger partial charge >= 0.3 is 0 Å². The predicted octanol–water partition coefficient (Wildman–Crippen LogP) is 3.64. The van der Waals surface area contributed by atoms with Crippen molar-refractivity contribution in [1.82, 2.24) is 4.90 Å². The van der Waals surface area contributed by atoms with Crippen molar-refractivity contribution in [3.63, 3.8) is 0 Å². The number of fused-ring (bicyclic) bond motifs is 3. The first-order valence-electron chi connectivity index (χ1n) is 11.0. The number of likely N-dealkylation sites (N-methyl/N-ethyl adjacent to an activating group) is 1. The lowest BCUT2D eigenvalue weighted by atomic mass is 9.95. The molecule has 0 N–H and O–H groups in total. The van der Waals surface area contributed by atoms with Crippen LogP contribution in [0.5, 0.6) is 0 Å². The number of carbonyl (C=O) groups excluding carboxylic acids is 2. The van der Waals surface area contributed by atoms with Crippen molar-refractivity contribution in [2.24, 2.45) is 0 Å². The topological polar surface area (TPSA) is 47.1 Å². The molecule has 0 aromatic heterocycles. The van der Waals surface area contributed by atoms with Gasteiger partial charge in [0.15, 0.2) is 0 Å². The second-order valence-corrected chi connectivity index (χ2v) is 9.00. The van der Waals surface area contributed by atoms with Gasteiger partial charge in [0, 0.05) is 56.0 Å². The molecular formula is C24H27ClN4O2. The van der Waals surface area contributed by atoms with Crippen LogP contribution < -0.4 is 14.7 Å². The minimum Gasteiger partial charge on any atom is -0.368 e. The number of anilines is 3. The smallest absolute Gasteiger partial charge is 0.254 e. The van der Waals surface area contributed by atoms with Crippen LogP contribution in [-0.2, 0) is 4.79 Å². The number of amides is 2. The van der Waals surface area contributed by atoms with Crippen LogP contribution in [0.15, 0.2) is 42.5 Å². The van der Waals surface area contributed by atoms with Crippen LogP contribution in [0, 0.1) is 0 Å². The maximum Gasteiger partial charge on any atom is 0.254 e. The van der Waals surface area contributed by atoms with Crippen LogP contribution in [0.1, 0.15) is 29.6 Å². The highest BCUT2D eigenvalue weighted by Gasteiger charge is 2.38. The molecule has 0 spiro atoms. The molecule has 3 aliphatic rings. The fourth-order valence-corrected chi connectivity index (χ4v) is 5.19. The van der Waals surface area contributed by atoms with Crippen LogP contribution in [-0.4, -0.2) is 62.5 Å². The molecular weight excluding hydrogens is 412 g/mol.